The number of hydrogen-bond acceptors (Lipinski definition) is 3. The van der Waals surface area contributed by atoms with Crippen LogP contribution in [0.2, 0.25) is 0 Å². The molecule has 2 aromatic rings. The van der Waals surface area contributed by atoms with Crippen LogP contribution in [0, 0.1) is 23.0 Å². The molecule has 0 bridgehead atoms. The van der Waals surface area contributed by atoms with Crippen molar-refractivity contribution in [3.63, 3.8) is 0 Å². The van der Waals surface area contributed by atoms with Crippen molar-refractivity contribution in [2.24, 2.45) is 0 Å². The maximum Gasteiger partial charge on any atom is 0.203 e. The number of nitrogens with zero attached hydrogens (tertiary/aromatic N) is 1. The van der Waals surface area contributed by atoms with Crippen LogP contribution in [-0.4, -0.2) is 0 Å². The second-order valence-electron chi connectivity index (χ2n) is 3.72. The van der Waals surface area contributed by atoms with E-state index in [1.165, 1.54) is 12.1 Å². The monoisotopic (exact) mass is 248 g/mol. The molecule has 0 aliphatic heterocycles. The van der Waals surface area contributed by atoms with Crippen LogP contribution in [0.15, 0.2) is 34.7 Å². The van der Waals surface area contributed by atoms with Gasteiger partial charge in [-0.1, -0.05) is 6.07 Å². The zero-order valence-electron chi connectivity index (χ0n) is 9.41. The molecule has 18 heavy (non-hydrogen) atoms. The van der Waals surface area contributed by atoms with E-state index >= 15 is 0 Å². The van der Waals surface area contributed by atoms with Crippen molar-refractivity contribution in [1.29, 1.82) is 5.26 Å². The van der Waals surface area contributed by atoms with Gasteiger partial charge in [-0.15, -0.1) is 0 Å². The average molecular weight is 248 g/mol. The summed E-state index contributed by atoms with van der Waals surface area (Å²) >= 11 is 0. The molecule has 1 heterocycles. The minimum atomic E-state index is -0.596. The molecule has 1 aromatic carbocycles. The van der Waals surface area contributed by atoms with E-state index in [9.17, 15) is 8.78 Å². The van der Waals surface area contributed by atoms with E-state index in [1.54, 1.807) is 12.1 Å². The minimum Gasteiger partial charge on any atom is -0.449 e. The first-order valence-corrected chi connectivity index (χ1v) is 5.32. The van der Waals surface area contributed by atoms with Gasteiger partial charge in [0.15, 0.2) is 0 Å². The Labute approximate surface area is 103 Å². The number of hydrogen-bond donors (Lipinski definition) is 1. The van der Waals surface area contributed by atoms with E-state index < -0.39 is 11.6 Å². The van der Waals surface area contributed by atoms with E-state index in [0.717, 1.165) is 6.07 Å². The molecule has 0 atom stereocenters. The molecule has 5 heteroatoms. The van der Waals surface area contributed by atoms with Gasteiger partial charge in [0.05, 0.1) is 6.54 Å². The zero-order valence-corrected chi connectivity index (χ0v) is 9.41. The first-order chi connectivity index (χ1) is 8.69. The summed E-state index contributed by atoms with van der Waals surface area (Å²) in [4.78, 5) is 0. The molecule has 0 unspecified atom stereocenters. The number of halogens is 2. The molecule has 92 valence electrons. The molecule has 0 amide bonds. The highest BCUT2D eigenvalue weighted by molar-refractivity contribution is 5.20. The second kappa shape index (κ2) is 5.43. The molecule has 3 nitrogen and oxygen atoms in total. The summed E-state index contributed by atoms with van der Waals surface area (Å²) in [6.45, 7) is 0.632. The number of furan rings is 1. The van der Waals surface area contributed by atoms with Crippen molar-refractivity contribution in [2.45, 2.75) is 13.1 Å². The van der Waals surface area contributed by atoms with E-state index in [1.807, 2.05) is 6.07 Å². The molecule has 0 aliphatic carbocycles. The normalized spacial score (nSPS) is 10.3. The van der Waals surface area contributed by atoms with Crippen molar-refractivity contribution >= 4 is 0 Å². The third kappa shape index (κ3) is 2.93. The molecule has 1 aromatic heterocycles. The molecule has 0 spiro atoms. The molecule has 0 saturated heterocycles. The van der Waals surface area contributed by atoms with Gasteiger partial charge >= 0.3 is 0 Å². The van der Waals surface area contributed by atoms with E-state index in [4.69, 9.17) is 9.68 Å². The Hall–Kier alpha value is -2.19. The van der Waals surface area contributed by atoms with Gasteiger partial charge in [-0.2, -0.15) is 5.26 Å². The summed E-state index contributed by atoms with van der Waals surface area (Å²) in [7, 11) is 0. The van der Waals surface area contributed by atoms with Gasteiger partial charge in [-0.25, -0.2) is 8.78 Å². The maximum atomic E-state index is 13.3. The molecule has 0 fully saturated rings. The molecule has 1 N–H and O–H groups in total. The Balaban J connectivity index is 1.90. The van der Waals surface area contributed by atoms with Crippen LogP contribution >= 0.6 is 0 Å². The summed E-state index contributed by atoms with van der Waals surface area (Å²) in [5, 5.41) is 11.5. The van der Waals surface area contributed by atoms with E-state index in [0.29, 0.717) is 17.9 Å². The van der Waals surface area contributed by atoms with Crippen LogP contribution < -0.4 is 5.32 Å². The highest BCUT2D eigenvalue weighted by atomic mass is 19.1. The van der Waals surface area contributed by atoms with Gasteiger partial charge in [0, 0.05) is 18.2 Å². The average Bonchev–Trinajstić information content (AvgIpc) is 2.80. The fourth-order valence-electron chi connectivity index (χ4n) is 1.52. The molecular formula is C13H10F2N2O. The van der Waals surface area contributed by atoms with Crippen molar-refractivity contribution in [3.8, 4) is 6.07 Å². The summed E-state index contributed by atoms with van der Waals surface area (Å²) in [5.74, 6) is -0.352. The molecular weight excluding hydrogens is 238 g/mol. The van der Waals surface area contributed by atoms with Crippen molar-refractivity contribution in [2.75, 3.05) is 0 Å². The van der Waals surface area contributed by atoms with Crippen LogP contribution in [0.25, 0.3) is 0 Å². The fraction of sp³-hybridized carbons (Fsp3) is 0.154. The smallest absolute Gasteiger partial charge is 0.203 e. The largest absolute Gasteiger partial charge is 0.449 e. The lowest BCUT2D eigenvalue weighted by molar-refractivity contribution is 0.470. The third-order valence-corrected chi connectivity index (χ3v) is 2.40. The topological polar surface area (TPSA) is 49.0 Å². The van der Waals surface area contributed by atoms with Gasteiger partial charge in [0.25, 0.3) is 0 Å². The molecule has 0 saturated carbocycles. The van der Waals surface area contributed by atoms with Crippen LogP contribution in [0.5, 0.6) is 0 Å². The number of benzene rings is 1. The molecule has 2 rings (SSSR count). The SMILES string of the molecule is N#Cc1ccc(CNCc2ccc(F)cc2F)o1. The van der Waals surface area contributed by atoms with Gasteiger partial charge in [-0.3, -0.25) is 0 Å². The van der Waals surface area contributed by atoms with Crippen molar-refractivity contribution in [1.82, 2.24) is 5.32 Å². The Kier molecular flexibility index (Phi) is 3.70. The van der Waals surface area contributed by atoms with Crippen molar-refractivity contribution in [3.05, 3.63) is 59.1 Å². The van der Waals surface area contributed by atoms with Gasteiger partial charge in [0.1, 0.15) is 23.5 Å². The summed E-state index contributed by atoms with van der Waals surface area (Å²) in [6, 6.07) is 8.56. The quantitative estimate of drug-likeness (QED) is 0.905. The summed E-state index contributed by atoms with van der Waals surface area (Å²) < 4.78 is 31.1. The molecule has 0 aliphatic rings. The third-order valence-electron chi connectivity index (χ3n) is 2.40. The fourth-order valence-corrected chi connectivity index (χ4v) is 1.52. The highest BCUT2D eigenvalue weighted by Gasteiger charge is 2.04. The Bertz CT molecular complexity index is 587. The van der Waals surface area contributed by atoms with Crippen LogP contribution in [-0.2, 0) is 13.1 Å². The lowest BCUT2D eigenvalue weighted by Gasteiger charge is -2.04. The minimum absolute atomic E-state index is 0.236. The zero-order chi connectivity index (χ0) is 13.0. The number of nitrogens with one attached hydrogen (secondary N) is 1. The first kappa shape index (κ1) is 12.3. The highest BCUT2D eigenvalue weighted by Crippen LogP contribution is 2.10. The first-order valence-electron chi connectivity index (χ1n) is 5.32. The standard InChI is InChI=1S/C13H10F2N2O/c14-10-2-1-9(13(15)5-10)7-17-8-12-4-3-11(6-16)18-12/h1-5,17H,7-8H2. The lowest BCUT2D eigenvalue weighted by Crippen LogP contribution is -2.13. The van der Waals surface area contributed by atoms with Crippen LogP contribution in [0.3, 0.4) is 0 Å². The van der Waals surface area contributed by atoms with Gasteiger partial charge in [-0.05, 0) is 18.2 Å². The summed E-state index contributed by atoms with van der Waals surface area (Å²) in [6.07, 6.45) is 0. The van der Waals surface area contributed by atoms with Crippen LogP contribution in [0.1, 0.15) is 17.1 Å². The molecule has 0 radical (unpaired) electrons. The van der Waals surface area contributed by atoms with Gasteiger partial charge in [0.2, 0.25) is 5.76 Å². The second-order valence-corrected chi connectivity index (χ2v) is 3.72. The van der Waals surface area contributed by atoms with E-state index in [2.05, 4.69) is 5.32 Å². The predicted octanol–water partition coefficient (Wildman–Crippen LogP) is 2.72. The predicted molar refractivity (Wildman–Crippen MR) is 60.3 cm³/mol. The van der Waals surface area contributed by atoms with Crippen LogP contribution in [0.4, 0.5) is 8.78 Å². The summed E-state index contributed by atoms with van der Waals surface area (Å²) in [5.41, 5.74) is 0.378. The Morgan fingerprint density at radius 2 is 2.00 bits per heavy atom. The van der Waals surface area contributed by atoms with Crippen molar-refractivity contribution < 1.29 is 13.2 Å². The lowest BCUT2D eigenvalue weighted by atomic mass is 10.2. The van der Waals surface area contributed by atoms with Gasteiger partial charge < -0.3 is 9.73 Å². The Morgan fingerprint density at radius 1 is 1.17 bits per heavy atom. The van der Waals surface area contributed by atoms with E-state index in [-0.39, 0.29) is 12.3 Å². The number of nitriles is 1. The number of rotatable bonds is 4. The maximum absolute atomic E-state index is 13.3. The Morgan fingerprint density at radius 3 is 2.67 bits per heavy atom.